The summed E-state index contributed by atoms with van der Waals surface area (Å²) in [5, 5.41) is 14.6. The number of fused-ring (bicyclic) bond motifs is 1. The molecule has 1 aromatic carbocycles. The number of methoxy groups -OCH3 is 1. The Morgan fingerprint density at radius 2 is 2.15 bits per heavy atom. The normalized spacial score (nSPS) is 11.6. The molecule has 3 aromatic rings. The van der Waals surface area contributed by atoms with Gasteiger partial charge in [0.05, 0.1) is 12.0 Å². The fourth-order valence-electron chi connectivity index (χ4n) is 2.43. The van der Waals surface area contributed by atoms with E-state index in [1.807, 2.05) is 0 Å². The van der Waals surface area contributed by atoms with Crippen LogP contribution in [-0.4, -0.2) is 41.7 Å². The monoisotopic (exact) mass is 357 g/mol. The number of aryl methyl sites for hydroxylation is 1. The maximum Gasteiger partial charge on any atom is 0.348 e. The van der Waals surface area contributed by atoms with Crippen LogP contribution in [0.25, 0.3) is 11.0 Å². The lowest BCUT2D eigenvalue weighted by Crippen LogP contribution is -2.07. The van der Waals surface area contributed by atoms with Crippen molar-refractivity contribution in [2.24, 2.45) is 4.99 Å². The molecule has 0 radical (unpaired) electrons. The van der Waals surface area contributed by atoms with Crippen LogP contribution in [0.5, 0.6) is 5.75 Å². The third-order valence-electron chi connectivity index (χ3n) is 3.76. The summed E-state index contributed by atoms with van der Waals surface area (Å²) in [4.78, 5) is 20.4. The molecule has 0 amide bonds. The van der Waals surface area contributed by atoms with Crippen molar-refractivity contribution < 1.29 is 18.8 Å². The number of hydrogen-bond donors (Lipinski definition) is 1. The highest BCUT2D eigenvalue weighted by molar-refractivity contribution is 5.93. The SMILES string of the molecule is COCCc1noc(CCCN=Cc2c(O)c3ccccc3oc2=O)n1. The first-order valence-corrected chi connectivity index (χ1v) is 8.24. The molecule has 1 N–H and O–H groups in total. The Hall–Kier alpha value is -3.00. The van der Waals surface area contributed by atoms with Gasteiger partial charge in [-0.15, -0.1) is 0 Å². The molecule has 0 spiro atoms. The lowest BCUT2D eigenvalue weighted by molar-refractivity contribution is 0.199. The number of benzene rings is 1. The highest BCUT2D eigenvalue weighted by Gasteiger charge is 2.11. The fraction of sp³-hybridized carbons (Fsp3) is 0.333. The molecule has 0 aliphatic rings. The average molecular weight is 357 g/mol. The van der Waals surface area contributed by atoms with Gasteiger partial charge in [-0.05, 0) is 18.6 Å². The topological polar surface area (TPSA) is 111 Å². The summed E-state index contributed by atoms with van der Waals surface area (Å²) < 4.78 is 15.3. The third kappa shape index (κ3) is 4.15. The van der Waals surface area contributed by atoms with E-state index in [-0.39, 0.29) is 11.3 Å². The van der Waals surface area contributed by atoms with E-state index in [1.54, 1.807) is 31.4 Å². The van der Waals surface area contributed by atoms with Crippen molar-refractivity contribution in [2.45, 2.75) is 19.3 Å². The van der Waals surface area contributed by atoms with E-state index in [9.17, 15) is 9.90 Å². The lowest BCUT2D eigenvalue weighted by atomic mass is 10.1. The summed E-state index contributed by atoms with van der Waals surface area (Å²) in [6.07, 6.45) is 3.19. The maximum atomic E-state index is 12.0. The number of para-hydroxylation sites is 1. The van der Waals surface area contributed by atoms with Gasteiger partial charge in [0, 0.05) is 32.7 Å². The van der Waals surface area contributed by atoms with E-state index >= 15 is 0 Å². The van der Waals surface area contributed by atoms with E-state index < -0.39 is 5.63 Å². The molecule has 0 fully saturated rings. The van der Waals surface area contributed by atoms with Crippen LogP contribution in [0.2, 0.25) is 0 Å². The summed E-state index contributed by atoms with van der Waals surface area (Å²) in [6, 6.07) is 6.80. The van der Waals surface area contributed by atoms with E-state index in [0.717, 1.165) is 0 Å². The molecule has 3 rings (SSSR count). The average Bonchev–Trinajstić information content (AvgIpc) is 3.10. The number of nitrogens with zero attached hydrogens (tertiary/aromatic N) is 3. The van der Waals surface area contributed by atoms with Crippen molar-refractivity contribution in [3.05, 3.63) is 52.0 Å². The van der Waals surface area contributed by atoms with Gasteiger partial charge in [-0.2, -0.15) is 4.98 Å². The highest BCUT2D eigenvalue weighted by Crippen LogP contribution is 2.24. The third-order valence-corrected chi connectivity index (χ3v) is 3.76. The predicted octanol–water partition coefficient (Wildman–Crippen LogP) is 2.12. The fourth-order valence-corrected chi connectivity index (χ4v) is 2.43. The Morgan fingerprint density at radius 3 is 3.00 bits per heavy atom. The molecular formula is C18H19N3O5. The van der Waals surface area contributed by atoms with Gasteiger partial charge in [-0.3, -0.25) is 4.99 Å². The van der Waals surface area contributed by atoms with Gasteiger partial charge < -0.3 is 18.8 Å². The minimum absolute atomic E-state index is 0.0448. The molecule has 0 atom stereocenters. The standard InChI is InChI=1S/C18H19N3O5/c1-24-10-8-15-20-16(26-21-15)7-4-9-19-11-13-17(22)12-5-2-3-6-14(12)25-18(13)23/h2-3,5-6,11,22H,4,7-10H2,1H3. The quantitative estimate of drug-likeness (QED) is 0.373. The Labute approximate surface area is 149 Å². The molecular weight excluding hydrogens is 338 g/mol. The maximum absolute atomic E-state index is 12.0. The zero-order chi connectivity index (χ0) is 18.4. The second kappa shape index (κ2) is 8.39. The van der Waals surface area contributed by atoms with E-state index in [4.69, 9.17) is 13.7 Å². The van der Waals surface area contributed by atoms with Gasteiger partial charge >= 0.3 is 5.63 Å². The Bertz CT molecular complexity index is 961. The van der Waals surface area contributed by atoms with Crippen LogP contribution in [0.1, 0.15) is 23.7 Å². The minimum atomic E-state index is -0.621. The molecule has 0 bridgehead atoms. The number of aromatic nitrogens is 2. The number of rotatable bonds is 8. The molecule has 2 aromatic heterocycles. The molecule has 0 aliphatic carbocycles. The molecule has 2 heterocycles. The first-order chi connectivity index (χ1) is 12.7. The molecule has 26 heavy (non-hydrogen) atoms. The van der Waals surface area contributed by atoms with Gasteiger partial charge in [-0.25, -0.2) is 4.79 Å². The minimum Gasteiger partial charge on any atom is -0.506 e. The summed E-state index contributed by atoms with van der Waals surface area (Å²) in [7, 11) is 1.62. The lowest BCUT2D eigenvalue weighted by Gasteiger charge is -2.02. The first kappa shape index (κ1) is 17.8. The van der Waals surface area contributed by atoms with Gasteiger partial charge in [-0.1, -0.05) is 17.3 Å². The molecule has 0 saturated carbocycles. The van der Waals surface area contributed by atoms with Crippen molar-refractivity contribution in [1.82, 2.24) is 10.1 Å². The van der Waals surface area contributed by atoms with Crippen LogP contribution < -0.4 is 5.63 Å². The van der Waals surface area contributed by atoms with Crippen molar-refractivity contribution in [2.75, 3.05) is 20.3 Å². The summed E-state index contributed by atoms with van der Waals surface area (Å²) in [5.41, 5.74) is -0.235. The number of ether oxygens (including phenoxy) is 1. The number of aromatic hydroxyl groups is 1. The van der Waals surface area contributed by atoms with Crippen LogP contribution in [0.3, 0.4) is 0 Å². The second-order valence-electron chi connectivity index (χ2n) is 5.63. The van der Waals surface area contributed by atoms with Crippen LogP contribution >= 0.6 is 0 Å². The summed E-state index contributed by atoms with van der Waals surface area (Å²) in [6.45, 7) is 0.989. The van der Waals surface area contributed by atoms with Crippen molar-refractivity contribution in [3.8, 4) is 5.75 Å². The first-order valence-electron chi connectivity index (χ1n) is 8.24. The highest BCUT2D eigenvalue weighted by atomic mass is 16.5. The van der Waals surface area contributed by atoms with E-state index in [0.29, 0.717) is 55.1 Å². The second-order valence-corrected chi connectivity index (χ2v) is 5.63. The van der Waals surface area contributed by atoms with Crippen molar-refractivity contribution >= 4 is 17.2 Å². The zero-order valence-electron chi connectivity index (χ0n) is 14.3. The van der Waals surface area contributed by atoms with Crippen LogP contribution in [-0.2, 0) is 17.6 Å². The Balaban J connectivity index is 1.58. The Morgan fingerprint density at radius 1 is 1.31 bits per heavy atom. The van der Waals surface area contributed by atoms with Crippen LogP contribution in [0.15, 0.2) is 43.0 Å². The van der Waals surface area contributed by atoms with E-state index in [2.05, 4.69) is 15.1 Å². The van der Waals surface area contributed by atoms with E-state index in [1.165, 1.54) is 6.21 Å². The van der Waals surface area contributed by atoms with Gasteiger partial charge in [0.25, 0.3) is 0 Å². The van der Waals surface area contributed by atoms with Crippen LogP contribution in [0.4, 0.5) is 0 Å². The van der Waals surface area contributed by atoms with Crippen molar-refractivity contribution in [1.29, 1.82) is 0 Å². The largest absolute Gasteiger partial charge is 0.506 e. The Kier molecular flexibility index (Phi) is 5.75. The summed E-state index contributed by atoms with van der Waals surface area (Å²) >= 11 is 0. The number of hydrogen-bond acceptors (Lipinski definition) is 8. The summed E-state index contributed by atoms with van der Waals surface area (Å²) in [5.74, 6) is 1.03. The number of aliphatic imine (C=N–C) groups is 1. The predicted molar refractivity (Wildman–Crippen MR) is 94.8 cm³/mol. The molecule has 0 unspecified atom stereocenters. The zero-order valence-corrected chi connectivity index (χ0v) is 14.3. The molecule has 136 valence electrons. The molecule has 0 aliphatic heterocycles. The molecule has 0 saturated heterocycles. The molecule has 8 nitrogen and oxygen atoms in total. The smallest absolute Gasteiger partial charge is 0.348 e. The molecule has 8 heteroatoms. The van der Waals surface area contributed by atoms with Crippen LogP contribution in [0, 0.1) is 0 Å². The van der Waals surface area contributed by atoms with Gasteiger partial charge in [0.15, 0.2) is 5.82 Å². The van der Waals surface area contributed by atoms with Crippen molar-refractivity contribution in [3.63, 3.8) is 0 Å². The van der Waals surface area contributed by atoms with Gasteiger partial charge in [0.1, 0.15) is 16.9 Å². The van der Waals surface area contributed by atoms with Gasteiger partial charge in [0.2, 0.25) is 5.89 Å².